The average Bonchev–Trinajstić information content (AvgIpc) is 2.65. The van der Waals surface area contributed by atoms with Crippen LogP contribution in [0.3, 0.4) is 0 Å². The van der Waals surface area contributed by atoms with E-state index in [1.54, 1.807) is 0 Å². The van der Waals surface area contributed by atoms with Gasteiger partial charge in [0, 0.05) is 6.61 Å². The molecule has 0 bridgehead atoms. The summed E-state index contributed by atoms with van der Waals surface area (Å²) in [5.74, 6) is 0. The highest BCUT2D eigenvalue weighted by Crippen LogP contribution is 2.18. The second-order valence-corrected chi connectivity index (χ2v) is 7.32. The number of hydrogen-bond acceptors (Lipinski definition) is 5. The van der Waals surface area contributed by atoms with Crippen LogP contribution in [0.2, 0.25) is 0 Å². The molecule has 0 aromatic heterocycles. The fourth-order valence-electron chi connectivity index (χ4n) is 3.23. The van der Waals surface area contributed by atoms with Gasteiger partial charge in [-0.05, 0) is 25.7 Å². The Morgan fingerprint density at radius 3 is 2.15 bits per heavy atom. The molecule has 5 nitrogen and oxygen atoms in total. The third-order valence-electron chi connectivity index (χ3n) is 5.00. The van der Waals surface area contributed by atoms with Crippen LogP contribution in [0.25, 0.3) is 0 Å². The van der Waals surface area contributed by atoms with Crippen molar-refractivity contribution >= 4 is 0 Å². The molecule has 0 saturated carbocycles. The minimum Gasteiger partial charge on any atom is -0.394 e. The summed E-state index contributed by atoms with van der Waals surface area (Å²) < 4.78 is 10.9. The zero-order chi connectivity index (χ0) is 19.0. The van der Waals surface area contributed by atoms with Crippen molar-refractivity contribution in [2.75, 3.05) is 19.8 Å². The second-order valence-electron chi connectivity index (χ2n) is 7.32. The Labute approximate surface area is 159 Å². The van der Waals surface area contributed by atoms with Gasteiger partial charge in [0.25, 0.3) is 0 Å². The molecule has 26 heavy (non-hydrogen) atoms. The first-order valence-electron chi connectivity index (χ1n) is 10.6. The first-order valence-corrected chi connectivity index (χ1v) is 10.6. The van der Waals surface area contributed by atoms with Crippen LogP contribution in [0.1, 0.15) is 77.6 Å². The number of aliphatic hydroxyl groups is 3. The first-order chi connectivity index (χ1) is 12.7. The van der Waals surface area contributed by atoms with Crippen molar-refractivity contribution in [1.82, 2.24) is 0 Å². The van der Waals surface area contributed by atoms with Crippen molar-refractivity contribution in [3.05, 3.63) is 12.2 Å². The van der Waals surface area contributed by atoms with Gasteiger partial charge in [0.1, 0.15) is 24.4 Å². The second kappa shape index (κ2) is 15.6. The van der Waals surface area contributed by atoms with Crippen LogP contribution in [0.5, 0.6) is 0 Å². The molecule has 1 saturated heterocycles. The summed E-state index contributed by atoms with van der Waals surface area (Å²) in [5.41, 5.74) is 0. The van der Waals surface area contributed by atoms with Gasteiger partial charge in [-0.15, -0.1) is 0 Å². The van der Waals surface area contributed by atoms with E-state index in [0.717, 1.165) is 19.3 Å². The smallest absolute Gasteiger partial charge is 0.111 e. The van der Waals surface area contributed by atoms with Gasteiger partial charge in [-0.25, -0.2) is 0 Å². The molecule has 1 aliphatic heterocycles. The lowest BCUT2D eigenvalue weighted by Gasteiger charge is -2.36. The maximum absolute atomic E-state index is 9.96. The van der Waals surface area contributed by atoms with Crippen LogP contribution in [-0.4, -0.2) is 59.6 Å². The number of unbranched alkanes of at least 4 members (excludes halogenated alkanes) is 9. The minimum atomic E-state index is -1.09. The number of rotatable bonds is 15. The van der Waals surface area contributed by atoms with E-state index in [2.05, 4.69) is 19.1 Å². The lowest BCUT2D eigenvalue weighted by molar-refractivity contribution is -0.208. The molecular weight excluding hydrogens is 332 g/mol. The van der Waals surface area contributed by atoms with Gasteiger partial charge in [-0.1, -0.05) is 64.0 Å². The van der Waals surface area contributed by atoms with Gasteiger partial charge in [0.2, 0.25) is 0 Å². The normalized spacial score (nSPS) is 26.6. The van der Waals surface area contributed by atoms with E-state index in [1.165, 1.54) is 51.4 Å². The van der Waals surface area contributed by atoms with Gasteiger partial charge in [0.15, 0.2) is 0 Å². The lowest BCUT2D eigenvalue weighted by Crippen LogP contribution is -2.55. The van der Waals surface area contributed by atoms with E-state index in [-0.39, 0.29) is 13.2 Å². The summed E-state index contributed by atoms with van der Waals surface area (Å²) in [5, 5.41) is 28.8. The van der Waals surface area contributed by atoms with E-state index in [4.69, 9.17) is 14.6 Å². The maximum Gasteiger partial charge on any atom is 0.111 e. The lowest BCUT2D eigenvalue weighted by atomic mass is 10.0. The Morgan fingerprint density at radius 2 is 1.50 bits per heavy atom. The monoisotopic (exact) mass is 372 g/mol. The molecule has 0 aliphatic carbocycles. The molecular formula is C21H40O5. The number of ether oxygens (including phenoxy) is 2. The molecule has 154 valence electrons. The summed E-state index contributed by atoms with van der Waals surface area (Å²) >= 11 is 0. The van der Waals surface area contributed by atoms with Crippen LogP contribution in [0, 0.1) is 0 Å². The van der Waals surface area contributed by atoms with E-state index in [9.17, 15) is 10.2 Å². The van der Waals surface area contributed by atoms with Crippen molar-refractivity contribution in [3.63, 3.8) is 0 Å². The van der Waals surface area contributed by atoms with E-state index in [1.807, 2.05) is 0 Å². The van der Waals surface area contributed by atoms with E-state index < -0.39 is 24.4 Å². The zero-order valence-electron chi connectivity index (χ0n) is 16.5. The van der Waals surface area contributed by atoms with Gasteiger partial charge in [-0.3, -0.25) is 0 Å². The standard InChI is InChI=1S/C21H40O5/c1-2-3-4-5-6-7-8-9-10-11-12-13-14-15-25-19-17-26-18(16-22)20(23)21(19)24/h11-12,18-24H,2-10,13-17H2,1H3/b12-11+/t18-,19+,20-,21-/m1/s1. The maximum atomic E-state index is 9.96. The Balaban J connectivity index is 1.92. The van der Waals surface area contributed by atoms with Crippen LogP contribution in [-0.2, 0) is 9.47 Å². The Morgan fingerprint density at radius 1 is 0.885 bits per heavy atom. The van der Waals surface area contributed by atoms with Crippen molar-refractivity contribution in [3.8, 4) is 0 Å². The summed E-state index contributed by atoms with van der Waals surface area (Å²) in [6, 6.07) is 0. The molecule has 1 fully saturated rings. The Kier molecular flexibility index (Phi) is 14.1. The molecule has 1 heterocycles. The molecule has 3 N–H and O–H groups in total. The van der Waals surface area contributed by atoms with Crippen LogP contribution in [0.4, 0.5) is 0 Å². The van der Waals surface area contributed by atoms with Gasteiger partial charge < -0.3 is 24.8 Å². The van der Waals surface area contributed by atoms with Gasteiger partial charge in [-0.2, -0.15) is 0 Å². The highest BCUT2D eigenvalue weighted by atomic mass is 16.6. The fraction of sp³-hybridized carbons (Fsp3) is 0.905. The molecule has 4 atom stereocenters. The summed E-state index contributed by atoms with van der Waals surface area (Å²) in [4.78, 5) is 0. The molecule has 0 spiro atoms. The van der Waals surface area contributed by atoms with Crippen LogP contribution in [0.15, 0.2) is 12.2 Å². The topological polar surface area (TPSA) is 79.2 Å². The van der Waals surface area contributed by atoms with Crippen molar-refractivity contribution in [2.24, 2.45) is 0 Å². The third kappa shape index (κ3) is 10.0. The third-order valence-corrected chi connectivity index (χ3v) is 5.00. The minimum absolute atomic E-state index is 0.206. The van der Waals surface area contributed by atoms with Crippen molar-refractivity contribution < 1.29 is 24.8 Å². The zero-order valence-corrected chi connectivity index (χ0v) is 16.5. The molecule has 5 heteroatoms. The molecule has 0 unspecified atom stereocenters. The molecule has 1 rings (SSSR count). The van der Waals surface area contributed by atoms with Crippen LogP contribution < -0.4 is 0 Å². The predicted molar refractivity (Wildman–Crippen MR) is 104 cm³/mol. The van der Waals surface area contributed by atoms with Gasteiger partial charge >= 0.3 is 0 Å². The highest BCUT2D eigenvalue weighted by molar-refractivity contribution is 4.87. The molecule has 0 amide bonds. The highest BCUT2D eigenvalue weighted by Gasteiger charge is 2.38. The quantitative estimate of drug-likeness (QED) is 0.303. The Bertz CT molecular complexity index is 347. The Hall–Kier alpha value is -0.460. The largest absolute Gasteiger partial charge is 0.394 e. The molecule has 0 aromatic rings. The summed E-state index contributed by atoms with van der Waals surface area (Å²) in [6.45, 7) is 2.69. The molecule has 0 radical (unpaired) electrons. The first kappa shape index (κ1) is 23.6. The number of allylic oxidation sites excluding steroid dienone is 2. The molecule has 0 aromatic carbocycles. The van der Waals surface area contributed by atoms with E-state index in [0.29, 0.717) is 6.61 Å². The summed E-state index contributed by atoms with van der Waals surface area (Å²) in [6.07, 6.45) is 14.9. The number of hydrogen-bond donors (Lipinski definition) is 3. The van der Waals surface area contributed by atoms with E-state index >= 15 is 0 Å². The SMILES string of the molecule is CCCCCCCCCC/C=C/CCCO[C@H]1CO[C@H](CO)[C@@H](O)[C@@H]1O. The van der Waals surface area contributed by atoms with Gasteiger partial charge in [0.05, 0.1) is 13.2 Å². The van der Waals surface area contributed by atoms with Crippen LogP contribution >= 0.6 is 0 Å². The van der Waals surface area contributed by atoms with Crippen molar-refractivity contribution in [1.29, 1.82) is 0 Å². The fourth-order valence-corrected chi connectivity index (χ4v) is 3.23. The molecule has 1 aliphatic rings. The number of aliphatic hydroxyl groups excluding tert-OH is 3. The summed E-state index contributed by atoms with van der Waals surface area (Å²) in [7, 11) is 0. The average molecular weight is 373 g/mol. The van der Waals surface area contributed by atoms with Crippen molar-refractivity contribution in [2.45, 2.75) is 102 Å². The predicted octanol–water partition coefficient (Wildman–Crippen LogP) is 3.35.